The van der Waals surface area contributed by atoms with E-state index >= 15 is 0 Å². The molecule has 0 aliphatic rings. The standard InChI is InChI=1S/C21H14ClN5O/c1-11-8-14(9-17(22)25-11)18-19(15-5-3-4-13(10-23)12(15)2)27-21-20(26-18)16(28)6-7-24-21/h3-9H,1-2H3,(H,24,27,28). The second-order valence-corrected chi connectivity index (χ2v) is 6.76. The average Bonchev–Trinajstić information content (AvgIpc) is 2.67. The fraction of sp³-hybridized carbons (Fsp3) is 0.0952. The van der Waals surface area contributed by atoms with E-state index in [0.29, 0.717) is 33.3 Å². The summed E-state index contributed by atoms with van der Waals surface area (Å²) in [5.74, 6) is 0. The Bertz CT molecular complexity index is 1320. The van der Waals surface area contributed by atoms with Crippen LogP contribution in [0.15, 0.2) is 47.4 Å². The van der Waals surface area contributed by atoms with Crippen molar-refractivity contribution in [2.24, 2.45) is 0 Å². The van der Waals surface area contributed by atoms with Gasteiger partial charge in [-0.15, -0.1) is 0 Å². The number of aromatic amines is 1. The number of pyridine rings is 2. The quantitative estimate of drug-likeness (QED) is 0.520. The lowest BCUT2D eigenvalue weighted by Gasteiger charge is -2.13. The zero-order valence-corrected chi connectivity index (χ0v) is 15.9. The number of nitrogens with zero attached hydrogens (tertiary/aromatic N) is 4. The van der Waals surface area contributed by atoms with Crippen molar-refractivity contribution >= 4 is 22.8 Å². The van der Waals surface area contributed by atoms with Crippen LogP contribution in [0.1, 0.15) is 16.8 Å². The van der Waals surface area contributed by atoms with E-state index in [1.54, 1.807) is 18.2 Å². The third kappa shape index (κ3) is 3.02. The maximum atomic E-state index is 12.3. The molecule has 0 spiro atoms. The zero-order chi connectivity index (χ0) is 19.8. The van der Waals surface area contributed by atoms with Gasteiger partial charge in [0, 0.05) is 29.1 Å². The first-order valence-electron chi connectivity index (χ1n) is 8.52. The molecule has 136 valence electrons. The Morgan fingerprint density at radius 1 is 1.07 bits per heavy atom. The number of nitriles is 1. The van der Waals surface area contributed by atoms with E-state index in [9.17, 15) is 10.1 Å². The molecule has 0 aliphatic carbocycles. The molecule has 0 amide bonds. The van der Waals surface area contributed by atoms with Gasteiger partial charge in [-0.3, -0.25) is 4.79 Å². The number of hydrogen-bond donors (Lipinski definition) is 1. The van der Waals surface area contributed by atoms with Gasteiger partial charge in [-0.25, -0.2) is 15.0 Å². The number of aryl methyl sites for hydroxylation is 1. The van der Waals surface area contributed by atoms with Crippen LogP contribution < -0.4 is 5.43 Å². The van der Waals surface area contributed by atoms with Crippen LogP contribution in [0.25, 0.3) is 33.7 Å². The first-order valence-corrected chi connectivity index (χ1v) is 8.90. The minimum Gasteiger partial charge on any atom is -0.345 e. The lowest BCUT2D eigenvalue weighted by molar-refractivity contribution is 1.18. The summed E-state index contributed by atoms with van der Waals surface area (Å²) in [6, 6.07) is 12.6. The summed E-state index contributed by atoms with van der Waals surface area (Å²) >= 11 is 6.16. The number of hydrogen-bond acceptors (Lipinski definition) is 5. The van der Waals surface area contributed by atoms with E-state index < -0.39 is 0 Å². The molecule has 0 saturated heterocycles. The van der Waals surface area contributed by atoms with Crippen molar-refractivity contribution in [3.05, 3.63) is 74.8 Å². The third-order valence-corrected chi connectivity index (χ3v) is 4.68. The van der Waals surface area contributed by atoms with Crippen molar-refractivity contribution in [1.82, 2.24) is 19.9 Å². The van der Waals surface area contributed by atoms with E-state index in [4.69, 9.17) is 11.6 Å². The van der Waals surface area contributed by atoms with Gasteiger partial charge in [-0.05, 0) is 37.6 Å². The fourth-order valence-electron chi connectivity index (χ4n) is 3.15. The highest BCUT2D eigenvalue weighted by molar-refractivity contribution is 6.29. The Labute approximate surface area is 165 Å². The van der Waals surface area contributed by atoms with Crippen LogP contribution in [-0.2, 0) is 0 Å². The second-order valence-electron chi connectivity index (χ2n) is 6.37. The average molecular weight is 388 g/mol. The van der Waals surface area contributed by atoms with Gasteiger partial charge in [0.25, 0.3) is 0 Å². The third-order valence-electron chi connectivity index (χ3n) is 4.49. The van der Waals surface area contributed by atoms with Crippen LogP contribution in [0, 0.1) is 25.2 Å². The molecule has 0 bridgehead atoms. The Balaban J connectivity index is 2.13. The highest BCUT2D eigenvalue weighted by Gasteiger charge is 2.18. The molecule has 0 fully saturated rings. The van der Waals surface area contributed by atoms with Gasteiger partial charge in [0.1, 0.15) is 5.15 Å². The number of benzene rings is 1. The number of H-pyrrole nitrogens is 1. The molecule has 1 N–H and O–H groups in total. The van der Waals surface area contributed by atoms with Crippen LogP contribution in [0.3, 0.4) is 0 Å². The molecule has 6 nitrogen and oxygen atoms in total. The Hall–Kier alpha value is -3.56. The van der Waals surface area contributed by atoms with Gasteiger partial charge in [-0.2, -0.15) is 5.26 Å². The summed E-state index contributed by atoms with van der Waals surface area (Å²) in [6.07, 6.45) is 1.54. The predicted molar refractivity (Wildman–Crippen MR) is 108 cm³/mol. The van der Waals surface area contributed by atoms with Gasteiger partial charge >= 0.3 is 0 Å². The fourth-order valence-corrected chi connectivity index (χ4v) is 3.40. The lowest BCUT2D eigenvalue weighted by atomic mass is 9.97. The van der Waals surface area contributed by atoms with Crippen LogP contribution >= 0.6 is 11.6 Å². The van der Waals surface area contributed by atoms with Crippen molar-refractivity contribution in [3.8, 4) is 28.6 Å². The smallest absolute Gasteiger partial charge is 0.209 e. The molecule has 4 aromatic rings. The van der Waals surface area contributed by atoms with Gasteiger partial charge < -0.3 is 4.98 Å². The molecule has 3 heterocycles. The predicted octanol–water partition coefficient (Wildman–Crippen LogP) is 4.19. The molecule has 28 heavy (non-hydrogen) atoms. The summed E-state index contributed by atoms with van der Waals surface area (Å²) in [5, 5.41) is 9.72. The number of fused-ring (bicyclic) bond motifs is 1. The van der Waals surface area contributed by atoms with Gasteiger partial charge in [0.15, 0.2) is 11.2 Å². The van der Waals surface area contributed by atoms with E-state index in [2.05, 4.69) is 26.0 Å². The molecule has 0 saturated carbocycles. The number of aromatic nitrogens is 4. The molecular weight excluding hydrogens is 374 g/mol. The molecule has 7 heteroatoms. The van der Waals surface area contributed by atoms with E-state index in [1.165, 1.54) is 12.3 Å². The molecule has 1 aromatic carbocycles. The first kappa shape index (κ1) is 17.8. The molecule has 0 unspecified atom stereocenters. The second kappa shape index (κ2) is 6.87. The number of rotatable bonds is 2. The summed E-state index contributed by atoms with van der Waals surface area (Å²) in [7, 11) is 0. The maximum absolute atomic E-state index is 12.3. The topological polar surface area (TPSA) is 95.3 Å². The van der Waals surface area contributed by atoms with Crippen molar-refractivity contribution in [2.75, 3.05) is 0 Å². The Morgan fingerprint density at radius 2 is 1.89 bits per heavy atom. The van der Waals surface area contributed by atoms with E-state index in [0.717, 1.165) is 16.8 Å². The van der Waals surface area contributed by atoms with Crippen LogP contribution in [0.2, 0.25) is 5.15 Å². The first-order chi connectivity index (χ1) is 13.5. The van der Waals surface area contributed by atoms with Crippen molar-refractivity contribution < 1.29 is 0 Å². The van der Waals surface area contributed by atoms with Crippen LogP contribution in [-0.4, -0.2) is 19.9 Å². The normalized spacial score (nSPS) is 10.8. The molecule has 0 atom stereocenters. The van der Waals surface area contributed by atoms with Crippen molar-refractivity contribution in [3.63, 3.8) is 0 Å². The van der Waals surface area contributed by atoms with Gasteiger partial charge in [-0.1, -0.05) is 23.7 Å². The highest BCUT2D eigenvalue weighted by atomic mass is 35.5. The van der Waals surface area contributed by atoms with Crippen molar-refractivity contribution in [1.29, 1.82) is 5.26 Å². The summed E-state index contributed by atoms with van der Waals surface area (Å²) < 4.78 is 0. The van der Waals surface area contributed by atoms with Crippen LogP contribution in [0.4, 0.5) is 0 Å². The molecular formula is C21H14ClN5O. The number of nitrogens with one attached hydrogen (secondary N) is 1. The molecule has 0 aliphatic heterocycles. The molecule has 4 rings (SSSR count). The largest absolute Gasteiger partial charge is 0.345 e. The highest BCUT2D eigenvalue weighted by Crippen LogP contribution is 2.33. The SMILES string of the molecule is Cc1cc(-c2nc3c(=O)cc[nH]c3nc2-c2cccc(C#N)c2C)cc(Cl)n1. The Kier molecular flexibility index (Phi) is 4.38. The molecule has 0 radical (unpaired) electrons. The van der Waals surface area contributed by atoms with Gasteiger partial charge in [0.2, 0.25) is 5.43 Å². The van der Waals surface area contributed by atoms with E-state index in [1.807, 2.05) is 26.0 Å². The number of halogens is 1. The van der Waals surface area contributed by atoms with E-state index in [-0.39, 0.29) is 10.9 Å². The minimum absolute atomic E-state index is 0.228. The maximum Gasteiger partial charge on any atom is 0.209 e. The van der Waals surface area contributed by atoms with Gasteiger partial charge in [0.05, 0.1) is 23.0 Å². The monoisotopic (exact) mass is 387 g/mol. The van der Waals surface area contributed by atoms with Crippen LogP contribution in [0.5, 0.6) is 0 Å². The summed E-state index contributed by atoms with van der Waals surface area (Å²) in [6.45, 7) is 3.69. The lowest BCUT2D eigenvalue weighted by Crippen LogP contribution is -2.07. The molecule has 3 aromatic heterocycles. The minimum atomic E-state index is -0.228. The summed E-state index contributed by atoms with van der Waals surface area (Å²) in [4.78, 5) is 28.8. The van der Waals surface area contributed by atoms with Crippen molar-refractivity contribution in [2.45, 2.75) is 13.8 Å². The summed E-state index contributed by atoms with van der Waals surface area (Å²) in [5.41, 5.74) is 4.98. The Morgan fingerprint density at radius 3 is 2.64 bits per heavy atom. The zero-order valence-electron chi connectivity index (χ0n) is 15.1.